The third-order valence-electron chi connectivity index (χ3n) is 9.62. The predicted octanol–water partition coefficient (Wildman–Crippen LogP) is 6.23. The summed E-state index contributed by atoms with van der Waals surface area (Å²) in [5, 5.41) is 30.7. The van der Waals surface area contributed by atoms with Crippen LogP contribution >= 0.6 is 0 Å². The molecule has 3 aliphatic rings. The molecule has 1 fully saturated rings. The molecule has 2 aliphatic heterocycles. The first-order valence-corrected chi connectivity index (χ1v) is 15.6. The lowest BCUT2D eigenvalue weighted by Gasteiger charge is -2.35. The Kier molecular flexibility index (Phi) is 8.18. The zero-order valence-electron chi connectivity index (χ0n) is 26.5. The highest BCUT2D eigenvalue weighted by Crippen LogP contribution is 2.50. The van der Waals surface area contributed by atoms with Crippen LogP contribution < -0.4 is 4.90 Å². The van der Waals surface area contributed by atoms with Gasteiger partial charge in [-0.05, 0) is 56.2 Å². The number of carboxylic acid groups (broad SMARTS) is 2. The third-order valence-corrected chi connectivity index (χ3v) is 9.62. The molecule has 1 aliphatic carbocycles. The van der Waals surface area contributed by atoms with Gasteiger partial charge < -0.3 is 20.2 Å². The minimum atomic E-state index is -0.994. The van der Waals surface area contributed by atoms with Gasteiger partial charge in [-0.1, -0.05) is 46.6 Å². The topological polar surface area (TPSA) is 118 Å². The molecule has 1 saturated carbocycles. The first-order chi connectivity index (χ1) is 20.7. The normalized spacial score (nSPS) is 23.2. The van der Waals surface area contributed by atoms with E-state index in [-0.39, 0.29) is 16.9 Å². The van der Waals surface area contributed by atoms with Crippen molar-refractivity contribution >= 4 is 34.8 Å². The van der Waals surface area contributed by atoms with E-state index in [2.05, 4.69) is 23.3 Å². The monoisotopic (exact) mass is 599 g/mol. The number of aliphatic hydroxyl groups excluding tert-OH is 1. The average Bonchev–Trinajstić information content (AvgIpc) is 3.33. The van der Waals surface area contributed by atoms with Gasteiger partial charge in [0.1, 0.15) is 6.54 Å². The number of carbonyl (C=O) groups excluding carboxylic acids is 1. The number of aliphatic hydroxyl groups is 1. The standard InChI is InChI=1S/C36H42N2O6/c1-7-9-15-37-27-13-11-21(33(41)42)17-25(27)35(3,4)29(37)19-23-31(39)24(32(23)40)20-30-36(5,6)26-18-22(34(43)44)12-14-28(26)38(30)16-10-8-2/h11-14,17-20,23,31,39H,7-10,15-16H2,1-6H3,(H-,41,42,43,44)/p+1/b24-20+,29-19+. The van der Waals surface area contributed by atoms with Crippen LogP contribution in [0.5, 0.6) is 0 Å². The fraction of sp³-hybridized carbons (Fsp3) is 0.444. The molecule has 8 nitrogen and oxygen atoms in total. The molecular formula is C36H43N2O6+. The number of Topliss-reactive ketones (excluding diaryl/α,β-unsaturated/α-hetero) is 1. The van der Waals surface area contributed by atoms with E-state index < -0.39 is 34.8 Å². The summed E-state index contributed by atoms with van der Waals surface area (Å²) < 4.78 is 2.16. The van der Waals surface area contributed by atoms with Gasteiger partial charge in [-0.25, -0.2) is 9.59 Å². The van der Waals surface area contributed by atoms with Crippen molar-refractivity contribution in [2.45, 2.75) is 84.2 Å². The van der Waals surface area contributed by atoms with Crippen molar-refractivity contribution in [2.75, 3.05) is 18.0 Å². The second-order valence-electron chi connectivity index (χ2n) is 13.2. The summed E-state index contributed by atoms with van der Waals surface area (Å²) in [6, 6.07) is 10.4. The van der Waals surface area contributed by atoms with Crippen LogP contribution in [0.1, 0.15) is 99.1 Å². The maximum atomic E-state index is 13.8. The van der Waals surface area contributed by atoms with Gasteiger partial charge in [0.25, 0.3) is 0 Å². The first-order valence-electron chi connectivity index (χ1n) is 15.6. The van der Waals surface area contributed by atoms with Gasteiger partial charge in [0.2, 0.25) is 5.69 Å². The Morgan fingerprint density at radius 1 is 0.909 bits per heavy atom. The Morgan fingerprint density at radius 3 is 2.11 bits per heavy atom. The second kappa shape index (κ2) is 11.5. The Hall–Kier alpha value is -4.04. The molecule has 2 heterocycles. The number of unbranched alkanes of at least 4 members (excludes halogenated alkanes) is 2. The van der Waals surface area contributed by atoms with E-state index in [0.717, 1.165) is 66.1 Å². The van der Waals surface area contributed by atoms with Gasteiger partial charge in [0.05, 0.1) is 28.6 Å². The van der Waals surface area contributed by atoms with Gasteiger partial charge in [-0.3, -0.25) is 4.79 Å². The molecule has 0 saturated heterocycles. The summed E-state index contributed by atoms with van der Waals surface area (Å²) >= 11 is 0. The Morgan fingerprint density at radius 2 is 1.52 bits per heavy atom. The lowest BCUT2D eigenvalue weighted by molar-refractivity contribution is -0.438. The smallest absolute Gasteiger partial charge is 0.335 e. The van der Waals surface area contributed by atoms with E-state index >= 15 is 0 Å². The number of carbonyl (C=O) groups is 3. The van der Waals surface area contributed by atoms with Crippen molar-refractivity contribution in [3.8, 4) is 0 Å². The zero-order valence-corrected chi connectivity index (χ0v) is 26.5. The van der Waals surface area contributed by atoms with Crippen molar-refractivity contribution in [1.29, 1.82) is 0 Å². The van der Waals surface area contributed by atoms with Gasteiger partial charge in [0, 0.05) is 53.0 Å². The predicted molar refractivity (Wildman–Crippen MR) is 170 cm³/mol. The van der Waals surface area contributed by atoms with Crippen molar-refractivity contribution in [3.63, 3.8) is 0 Å². The summed E-state index contributed by atoms with van der Waals surface area (Å²) in [7, 11) is 0. The van der Waals surface area contributed by atoms with E-state index in [9.17, 15) is 29.7 Å². The molecule has 2 aromatic carbocycles. The molecule has 8 heteroatoms. The largest absolute Gasteiger partial charge is 0.478 e. The van der Waals surface area contributed by atoms with Crippen LogP contribution in [0.15, 0.2) is 59.8 Å². The van der Waals surface area contributed by atoms with Gasteiger partial charge >= 0.3 is 11.9 Å². The van der Waals surface area contributed by atoms with Crippen LogP contribution in [0.25, 0.3) is 0 Å². The van der Waals surface area contributed by atoms with Gasteiger partial charge in [-0.15, -0.1) is 0 Å². The van der Waals surface area contributed by atoms with Crippen molar-refractivity contribution < 1.29 is 34.3 Å². The number of anilines is 1. The van der Waals surface area contributed by atoms with Gasteiger partial charge in [0.15, 0.2) is 11.5 Å². The highest BCUT2D eigenvalue weighted by molar-refractivity contribution is 6.14. The summed E-state index contributed by atoms with van der Waals surface area (Å²) in [4.78, 5) is 39.4. The lowest BCUT2D eigenvalue weighted by Crippen LogP contribution is -2.46. The minimum absolute atomic E-state index is 0.139. The Balaban J connectivity index is 1.52. The van der Waals surface area contributed by atoms with Crippen LogP contribution in [0.4, 0.5) is 11.4 Å². The molecule has 0 bridgehead atoms. The molecule has 0 amide bonds. The molecule has 44 heavy (non-hydrogen) atoms. The molecular weight excluding hydrogens is 556 g/mol. The highest BCUT2D eigenvalue weighted by atomic mass is 16.4. The summed E-state index contributed by atoms with van der Waals surface area (Å²) in [5.41, 5.74) is 5.07. The van der Waals surface area contributed by atoms with Crippen molar-refractivity contribution in [3.05, 3.63) is 82.1 Å². The number of hydrogen-bond donors (Lipinski definition) is 3. The third kappa shape index (κ3) is 4.99. The highest BCUT2D eigenvalue weighted by Gasteiger charge is 2.50. The number of hydrogen-bond acceptors (Lipinski definition) is 5. The molecule has 0 aromatic heterocycles. The van der Waals surface area contributed by atoms with E-state index in [1.54, 1.807) is 24.3 Å². The molecule has 5 rings (SSSR count). The van der Waals surface area contributed by atoms with E-state index in [4.69, 9.17) is 0 Å². The fourth-order valence-corrected chi connectivity index (χ4v) is 6.91. The molecule has 2 aromatic rings. The SMILES string of the molecule is CCCCN1/C(=C/C2C(=O)/C(=C/C3=[N+](CCCC)c4ccc(C(=O)O)cc4C3(C)C)C2O)C(C)(C)c2cc(C(=O)O)ccc21. The van der Waals surface area contributed by atoms with E-state index in [1.807, 2.05) is 52.0 Å². The van der Waals surface area contributed by atoms with Crippen molar-refractivity contribution in [2.24, 2.45) is 5.92 Å². The Bertz CT molecular complexity index is 1640. The number of nitrogens with zero attached hydrogens (tertiary/aromatic N) is 2. The Labute approximate surface area is 259 Å². The number of aromatic carboxylic acids is 2. The van der Waals surface area contributed by atoms with Crippen LogP contribution in [0, 0.1) is 5.92 Å². The number of allylic oxidation sites excluding steroid dienone is 2. The fourth-order valence-electron chi connectivity index (χ4n) is 6.91. The van der Waals surface area contributed by atoms with Crippen LogP contribution in [0.2, 0.25) is 0 Å². The maximum absolute atomic E-state index is 13.8. The van der Waals surface area contributed by atoms with E-state index in [1.165, 1.54) is 0 Å². The molecule has 2 atom stereocenters. The summed E-state index contributed by atoms with van der Waals surface area (Å²) in [6.07, 6.45) is 6.50. The minimum Gasteiger partial charge on any atom is -0.478 e. The molecule has 3 N–H and O–H groups in total. The number of fused-ring (bicyclic) bond motifs is 2. The van der Waals surface area contributed by atoms with E-state index in [0.29, 0.717) is 12.1 Å². The molecule has 0 radical (unpaired) electrons. The summed E-state index contributed by atoms with van der Waals surface area (Å²) in [5.74, 6) is -2.83. The van der Waals surface area contributed by atoms with Crippen LogP contribution in [0.3, 0.4) is 0 Å². The zero-order chi connectivity index (χ0) is 32.1. The molecule has 2 unspecified atom stereocenters. The number of ketones is 1. The van der Waals surface area contributed by atoms with Gasteiger partial charge in [-0.2, -0.15) is 4.58 Å². The number of carboxylic acids is 2. The average molecular weight is 600 g/mol. The van der Waals surface area contributed by atoms with Crippen LogP contribution in [-0.2, 0) is 15.6 Å². The number of benzene rings is 2. The quantitative estimate of drug-likeness (QED) is 0.219. The first kappa shape index (κ1) is 31.4. The summed E-state index contributed by atoms with van der Waals surface area (Å²) in [6.45, 7) is 13.8. The molecule has 232 valence electrons. The van der Waals surface area contributed by atoms with Crippen LogP contribution in [-0.4, -0.2) is 62.5 Å². The second-order valence-corrected chi connectivity index (χ2v) is 13.2. The lowest BCUT2D eigenvalue weighted by atomic mass is 9.71. The number of rotatable bonds is 10. The van der Waals surface area contributed by atoms with Crippen molar-refractivity contribution in [1.82, 2.24) is 0 Å². The molecule has 0 spiro atoms. The maximum Gasteiger partial charge on any atom is 0.335 e.